The highest BCUT2D eigenvalue weighted by molar-refractivity contribution is 5.89. The van der Waals surface area contributed by atoms with Gasteiger partial charge in [-0.2, -0.15) is 0 Å². The highest BCUT2D eigenvalue weighted by Crippen LogP contribution is 2.27. The Kier molecular flexibility index (Phi) is 6.92. The summed E-state index contributed by atoms with van der Waals surface area (Å²) in [6, 6.07) is 5.40. The largest absolute Gasteiger partial charge is 0.481 e. The third-order valence-corrected chi connectivity index (χ3v) is 3.81. The molecule has 1 rings (SSSR count). The van der Waals surface area contributed by atoms with Gasteiger partial charge in [0.25, 0.3) is 0 Å². The van der Waals surface area contributed by atoms with Crippen LogP contribution in [0.2, 0.25) is 0 Å². The first kappa shape index (κ1) is 20.4. The molecule has 0 fully saturated rings. The van der Waals surface area contributed by atoms with Crippen LogP contribution in [0.15, 0.2) is 48.1 Å². The van der Waals surface area contributed by atoms with Gasteiger partial charge in [-0.15, -0.1) is 0 Å². The van der Waals surface area contributed by atoms with Crippen LogP contribution in [0.5, 0.6) is 0 Å². The van der Waals surface area contributed by atoms with Crippen LogP contribution in [0.3, 0.4) is 0 Å². The van der Waals surface area contributed by atoms with Gasteiger partial charge in [0.2, 0.25) is 0 Å². The number of rotatable bonds is 6. The Hall–Kier alpha value is -2.62. The summed E-state index contributed by atoms with van der Waals surface area (Å²) < 4.78 is 0. The van der Waals surface area contributed by atoms with Crippen molar-refractivity contribution in [2.45, 2.75) is 46.5 Å². The number of carbonyl (C=O) groups is 2. The van der Waals surface area contributed by atoms with E-state index in [2.05, 4.69) is 0 Å². The highest BCUT2D eigenvalue weighted by atomic mass is 16.4. The Bertz CT molecular complexity index is 744. The fourth-order valence-electron chi connectivity index (χ4n) is 2.17. The zero-order chi connectivity index (χ0) is 19.2. The molecule has 0 unspecified atom stereocenters. The molecule has 1 aromatic rings. The Labute approximate surface area is 149 Å². The molecule has 0 aliphatic carbocycles. The molecule has 25 heavy (non-hydrogen) atoms. The molecule has 0 radical (unpaired) electrons. The number of aliphatic carboxylic acids is 1. The van der Waals surface area contributed by atoms with Gasteiger partial charge in [-0.25, -0.2) is 4.79 Å². The Morgan fingerprint density at radius 3 is 2.16 bits per heavy atom. The number of carboxylic acids is 2. The van der Waals surface area contributed by atoms with E-state index in [0.717, 1.165) is 22.3 Å². The first-order valence-corrected chi connectivity index (χ1v) is 8.13. The molecule has 0 saturated heterocycles. The van der Waals surface area contributed by atoms with Crippen LogP contribution < -0.4 is 0 Å². The Balaban J connectivity index is 3.13. The van der Waals surface area contributed by atoms with E-state index in [1.165, 1.54) is 0 Å². The molecule has 0 amide bonds. The van der Waals surface area contributed by atoms with Gasteiger partial charge in [-0.05, 0) is 48.1 Å². The van der Waals surface area contributed by atoms with E-state index in [1.54, 1.807) is 18.2 Å². The number of allylic oxidation sites excluding steroid dienone is 5. The lowest BCUT2D eigenvalue weighted by Gasteiger charge is -2.21. The third kappa shape index (κ3) is 6.79. The van der Waals surface area contributed by atoms with Crippen molar-refractivity contribution in [2.75, 3.05) is 0 Å². The molecular weight excluding hydrogens is 316 g/mol. The van der Waals surface area contributed by atoms with Gasteiger partial charge >= 0.3 is 11.9 Å². The van der Waals surface area contributed by atoms with E-state index in [0.29, 0.717) is 0 Å². The van der Waals surface area contributed by atoms with Crippen molar-refractivity contribution in [2.24, 2.45) is 0 Å². The van der Waals surface area contributed by atoms with E-state index in [-0.39, 0.29) is 17.4 Å². The number of benzene rings is 1. The SMILES string of the molecule is CC(/C=C/C=C(\C)c1cc(C(=O)O)cc(C(C)(C)C)c1)=C\CC(=O)O. The molecule has 0 aliphatic rings. The van der Waals surface area contributed by atoms with Crippen LogP contribution in [0.4, 0.5) is 0 Å². The summed E-state index contributed by atoms with van der Waals surface area (Å²) in [6.45, 7) is 9.91. The van der Waals surface area contributed by atoms with Crippen molar-refractivity contribution in [1.29, 1.82) is 0 Å². The van der Waals surface area contributed by atoms with E-state index >= 15 is 0 Å². The minimum absolute atomic E-state index is 0.00549. The van der Waals surface area contributed by atoms with Gasteiger partial charge in [0, 0.05) is 0 Å². The molecule has 0 spiro atoms. The maximum atomic E-state index is 11.4. The number of carboxylic acid groups (broad SMARTS) is 2. The van der Waals surface area contributed by atoms with E-state index < -0.39 is 11.9 Å². The average Bonchev–Trinajstić information content (AvgIpc) is 2.51. The van der Waals surface area contributed by atoms with Gasteiger partial charge in [-0.3, -0.25) is 4.79 Å². The lowest BCUT2D eigenvalue weighted by atomic mass is 9.84. The molecule has 0 bridgehead atoms. The van der Waals surface area contributed by atoms with Crippen LogP contribution in [0.1, 0.15) is 62.5 Å². The average molecular weight is 342 g/mol. The van der Waals surface area contributed by atoms with Crippen LogP contribution in [0, 0.1) is 0 Å². The van der Waals surface area contributed by atoms with Crippen molar-refractivity contribution < 1.29 is 19.8 Å². The standard InChI is InChI=1S/C21H26O4/c1-14(9-10-19(22)23)7-6-8-15(2)16-11-17(20(24)25)13-18(12-16)21(3,4)5/h6-9,11-13H,10H2,1-5H3,(H,22,23)(H,24,25)/b7-6+,14-9+,15-8+. The lowest BCUT2D eigenvalue weighted by Crippen LogP contribution is -2.13. The lowest BCUT2D eigenvalue weighted by molar-refractivity contribution is -0.136. The fraction of sp³-hybridized carbons (Fsp3) is 0.333. The van der Waals surface area contributed by atoms with Crippen molar-refractivity contribution in [3.05, 3.63) is 64.8 Å². The number of hydrogen-bond donors (Lipinski definition) is 2. The zero-order valence-corrected chi connectivity index (χ0v) is 15.5. The van der Waals surface area contributed by atoms with E-state index in [1.807, 2.05) is 58.9 Å². The molecular formula is C21H26O4. The topological polar surface area (TPSA) is 74.6 Å². The molecule has 4 heteroatoms. The second-order valence-corrected chi connectivity index (χ2v) is 7.11. The molecule has 1 aromatic carbocycles. The first-order valence-electron chi connectivity index (χ1n) is 8.13. The molecule has 0 atom stereocenters. The predicted octanol–water partition coefficient (Wildman–Crippen LogP) is 5.06. The smallest absolute Gasteiger partial charge is 0.335 e. The van der Waals surface area contributed by atoms with Gasteiger partial charge in [0.15, 0.2) is 0 Å². The van der Waals surface area contributed by atoms with Crippen molar-refractivity contribution in [3.63, 3.8) is 0 Å². The normalized spacial score (nSPS) is 13.3. The van der Waals surface area contributed by atoms with Crippen molar-refractivity contribution in [1.82, 2.24) is 0 Å². The number of aromatic carboxylic acids is 1. The summed E-state index contributed by atoms with van der Waals surface area (Å²) in [5, 5.41) is 18.0. The summed E-state index contributed by atoms with van der Waals surface area (Å²) >= 11 is 0. The summed E-state index contributed by atoms with van der Waals surface area (Å²) in [6.07, 6.45) is 7.20. The molecule has 2 N–H and O–H groups in total. The maximum Gasteiger partial charge on any atom is 0.335 e. The third-order valence-electron chi connectivity index (χ3n) is 3.81. The minimum Gasteiger partial charge on any atom is -0.481 e. The molecule has 0 heterocycles. The fourth-order valence-corrected chi connectivity index (χ4v) is 2.17. The first-order chi connectivity index (χ1) is 11.5. The highest BCUT2D eigenvalue weighted by Gasteiger charge is 2.17. The van der Waals surface area contributed by atoms with Crippen molar-refractivity contribution in [3.8, 4) is 0 Å². The molecule has 134 valence electrons. The summed E-state index contributed by atoms with van der Waals surface area (Å²) in [4.78, 5) is 21.9. The van der Waals surface area contributed by atoms with Crippen LogP contribution in [-0.2, 0) is 10.2 Å². The molecule has 0 aromatic heterocycles. The summed E-state index contributed by atoms with van der Waals surface area (Å²) in [5.74, 6) is -1.80. The van der Waals surface area contributed by atoms with Crippen LogP contribution in [-0.4, -0.2) is 22.2 Å². The summed E-state index contributed by atoms with van der Waals surface area (Å²) in [5.41, 5.74) is 3.76. The minimum atomic E-state index is -0.942. The van der Waals surface area contributed by atoms with Gasteiger partial charge in [0.05, 0.1) is 12.0 Å². The Morgan fingerprint density at radius 1 is 1.04 bits per heavy atom. The molecule has 0 aliphatic heterocycles. The van der Waals surface area contributed by atoms with Crippen molar-refractivity contribution >= 4 is 17.5 Å². The molecule has 0 saturated carbocycles. The van der Waals surface area contributed by atoms with E-state index in [4.69, 9.17) is 5.11 Å². The monoisotopic (exact) mass is 342 g/mol. The predicted molar refractivity (Wildman–Crippen MR) is 101 cm³/mol. The van der Waals surface area contributed by atoms with Gasteiger partial charge in [-0.1, -0.05) is 56.7 Å². The second-order valence-electron chi connectivity index (χ2n) is 7.11. The Morgan fingerprint density at radius 2 is 1.64 bits per heavy atom. The van der Waals surface area contributed by atoms with Crippen LogP contribution >= 0.6 is 0 Å². The second kappa shape index (κ2) is 8.47. The van der Waals surface area contributed by atoms with E-state index in [9.17, 15) is 14.7 Å². The number of hydrogen-bond acceptors (Lipinski definition) is 2. The van der Waals surface area contributed by atoms with Crippen LogP contribution in [0.25, 0.3) is 5.57 Å². The maximum absolute atomic E-state index is 11.4. The van der Waals surface area contributed by atoms with Gasteiger partial charge in [0.1, 0.15) is 0 Å². The zero-order valence-electron chi connectivity index (χ0n) is 15.5. The summed E-state index contributed by atoms with van der Waals surface area (Å²) in [7, 11) is 0. The quantitative estimate of drug-likeness (QED) is 0.708. The molecule has 4 nitrogen and oxygen atoms in total. The van der Waals surface area contributed by atoms with Gasteiger partial charge < -0.3 is 10.2 Å².